The summed E-state index contributed by atoms with van der Waals surface area (Å²) < 4.78 is 5.85. The zero-order chi connectivity index (χ0) is 17.6. The molecule has 1 aromatic carbocycles. The Balaban J connectivity index is 1.46. The molecule has 1 saturated carbocycles. The molecule has 1 aliphatic carbocycles. The van der Waals surface area contributed by atoms with Crippen molar-refractivity contribution >= 4 is 0 Å². The first-order valence-electron chi connectivity index (χ1n) is 10.3. The Morgan fingerprint density at radius 1 is 0.960 bits per heavy atom. The molecule has 1 N–H and O–H groups in total. The number of benzene rings is 1. The van der Waals surface area contributed by atoms with Crippen molar-refractivity contribution in [2.75, 3.05) is 13.2 Å². The van der Waals surface area contributed by atoms with E-state index in [9.17, 15) is 5.11 Å². The number of piperidine rings is 1. The van der Waals surface area contributed by atoms with Crippen LogP contribution in [0.3, 0.4) is 0 Å². The number of aliphatic hydroxyl groups excluding tert-OH is 1. The van der Waals surface area contributed by atoms with Crippen molar-refractivity contribution in [2.45, 2.75) is 89.3 Å². The average molecular weight is 346 g/mol. The smallest absolute Gasteiger partial charge is 0.119 e. The van der Waals surface area contributed by atoms with Crippen LogP contribution >= 0.6 is 0 Å². The summed E-state index contributed by atoms with van der Waals surface area (Å²) in [6.45, 7) is 5.63. The second kappa shape index (κ2) is 9.05. The van der Waals surface area contributed by atoms with Gasteiger partial charge in [-0.05, 0) is 63.1 Å². The highest BCUT2D eigenvalue weighted by Crippen LogP contribution is 2.33. The number of likely N-dealkylation sites (tertiary alicyclic amines) is 1. The van der Waals surface area contributed by atoms with E-state index in [1.165, 1.54) is 56.9 Å². The van der Waals surface area contributed by atoms with E-state index in [0.29, 0.717) is 25.2 Å². The van der Waals surface area contributed by atoms with Crippen molar-refractivity contribution in [3.05, 3.63) is 29.8 Å². The minimum atomic E-state index is -0.430. The second-order valence-electron chi connectivity index (χ2n) is 8.19. The Labute approximate surface area is 153 Å². The number of β-amino-alcohol motifs (C(OH)–C–C–N with tert-alkyl or cyclic N) is 1. The lowest BCUT2D eigenvalue weighted by Crippen LogP contribution is -2.48. The molecule has 0 aromatic heterocycles. The zero-order valence-corrected chi connectivity index (χ0v) is 16.0. The van der Waals surface area contributed by atoms with Crippen LogP contribution in [0.4, 0.5) is 0 Å². The molecule has 0 unspecified atom stereocenters. The van der Waals surface area contributed by atoms with Gasteiger partial charge in [-0.1, -0.05) is 37.8 Å². The molecule has 3 nitrogen and oxygen atoms in total. The van der Waals surface area contributed by atoms with Crippen molar-refractivity contribution in [3.63, 3.8) is 0 Å². The predicted molar refractivity (Wildman–Crippen MR) is 103 cm³/mol. The molecule has 1 aliphatic heterocycles. The highest BCUT2D eigenvalue weighted by atomic mass is 16.5. The van der Waals surface area contributed by atoms with Crippen LogP contribution in [-0.2, 0) is 0 Å². The molecule has 25 heavy (non-hydrogen) atoms. The lowest BCUT2D eigenvalue weighted by atomic mass is 9.84. The van der Waals surface area contributed by atoms with Crippen molar-refractivity contribution in [1.82, 2.24) is 4.90 Å². The summed E-state index contributed by atoms with van der Waals surface area (Å²) in [4.78, 5) is 2.43. The first-order valence-corrected chi connectivity index (χ1v) is 10.3. The monoisotopic (exact) mass is 345 g/mol. The summed E-state index contributed by atoms with van der Waals surface area (Å²) in [6, 6.07) is 9.70. The molecule has 3 atom stereocenters. The first kappa shape index (κ1) is 18.7. The third-order valence-corrected chi connectivity index (χ3v) is 6.20. The lowest BCUT2D eigenvalue weighted by molar-refractivity contribution is 0.0209. The number of hydrogen-bond donors (Lipinski definition) is 1. The fourth-order valence-corrected chi connectivity index (χ4v) is 4.60. The van der Waals surface area contributed by atoms with Crippen LogP contribution in [-0.4, -0.2) is 41.3 Å². The maximum absolute atomic E-state index is 10.4. The van der Waals surface area contributed by atoms with E-state index >= 15 is 0 Å². The van der Waals surface area contributed by atoms with Gasteiger partial charge < -0.3 is 9.84 Å². The van der Waals surface area contributed by atoms with Gasteiger partial charge in [0.2, 0.25) is 0 Å². The van der Waals surface area contributed by atoms with Crippen LogP contribution in [0.1, 0.15) is 76.7 Å². The molecule has 0 radical (unpaired) electrons. The molecule has 1 aromatic rings. The molecular weight excluding hydrogens is 310 g/mol. The SMILES string of the molecule is C[C@@H]1CCC[C@H](C)N1C[C@@H](O)COc1ccc(C2CCCCC2)cc1. The Kier molecular flexibility index (Phi) is 6.77. The number of hydrogen-bond acceptors (Lipinski definition) is 3. The van der Waals surface area contributed by atoms with Crippen LogP contribution in [0, 0.1) is 0 Å². The van der Waals surface area contributed by atoms with Gasteiger partial charge in [0.25, 0.3) is 0 Å². The van der Waals surface area contributed by atoms with Crippen LogP contribution < -0.4 is 4.74 Å². The standard InChI is InChI=1S/C22H35NO2/c1-17-7-6-8-18(2)23(17)15-21(24)16-25-22-13-11-20(12-14-22)19-9-4-3-5-10-19/h11-14,17-19,21,24H,3-10,15-16H2,1-2H3/t17-,18+,21-/m1/s1. The molecule has 2 fully saturated rings. The lowest BCUT2D eigenvalue weighted by Gasteiger charge is -2.40. The van der Waals surface area contributed by atoms with Crippen LogP contribution in [0.2, 0.25) is 0 Å². The van der Waals surface area contributed by atoms with Gasteiger partial charge in [-0.15, -0.1) is 0 Å². The molecule has 0 spiro atoms. The number of nitrogens with zero attached hydrogens (tertiary/aromatic N) is 1. The zero-order valence-electron chi connectivity index (χ0n) is 16.0. The van der Waals surface area contributed by atoms with Crippen LogP contribution in [0.25, 0.3) is 0 Å². The average Bonchev–Trinajstić information content (AvgIpc) is 2.64. The Hall–Kier alpha value is -1.06. The van der Waals surface area contributed by atoms with Gasteiger partial charge in [0.15, 0.2) is 0 Å². The second-order valence-corrected chi connectivity index (χ2v) is 8.19. The number of rotatable bonds is 6. The van der Waals surface area contributed by atoms with Gasteiger partial charge in [-0.25, -0.2) is 0 Å². The van der Waals surface area contributed by atoms with Gasteiger partial charge in [-0.2, -0.15) is 0 Å². The number of ether oxygens (including phenoxy) is 1. The van der Waals surface area contributed by atoms with E-state index in [2.05, 4.69) is 43.0 Å². The fraction of sp³-hybridized carbons (Fsp3) is 0.727. The molecule has 140 valence electrons. The van der Waals surface area contributed by atoms with E-state index in [4.69, 9.17) is 4.74 Å². The van der Waals surface area contributed by atoms with E-state index < -0.39 is 6.10 Å². The molecule has 3 heteroatoms. The quantitative estimate of drug-likeness (QED) is 0.808. The molecule has 0 bridgehead atoms. The molecule has 3 rings (SSSR count). The molecule has 1 saturated heterocycles. The molecule has 1 heterocycles. The van der Waals surface area contributed by atoms with Crippen molar-refractivity contribution in [2.24, 2.45) is 0 Å². The van der Waals surface area contributed by atoms with Crippen LogP contribution in [0.15, 0.2) is 24.3 Å². The topological polar surface area (TPSA) is 32.7 Å². The Bertz CT molecular complexity index is 499. The summed E-state index contributed by atoms with van der Waals surface area (Å²) >= 11 is 0. The molecule has 2 aliphatic rings. The third-order valence-electron chi connectivity index (χ3n) is 6.20. The first-order chi connectivity index (χ1) is 12.1. The molecular formula is C22H35NO2. The van der Waals surface area contributed by atoms with Gasteiger partial charge in [0.1, 0.15) is 18.5 Å². The summed E-state index contributed by atoms with van der Waals surface area (Å²) in [7, 11) is 0. The summed E-state index contributed by atoms with van der Waals surface area (Å²) in [5.41, 5.74) is 1.45. The summed E-state index contributed by atoms with van der Waals surface area (Å²) in [5.74, 6) is 1.61. The molecule has 0 amide bonds. The normalized spacial score (nSPS) is 27.2. The van der Waals surface area contributed by atoms with Crippen LogP contribution in [0.5, 0.6) is 5.75 Å². The minimum absolute atomic E-state index is 0.374. The van der Waals surface area contributed by atoms with E-state index in [1.54, 1.807) is 0 Å². The van der Waals surface area contributed by atoms with E-state index in [-0.39, 0.29) is 0 Å². The van der Waals surface area contributed by atoms with Gasteiger partial charge in [0.05, 0.1) is 0 Å². The van der Waals surface area contributed by atoms with Gasteiger partial charge in [-0.3, -0.25) is 4.90 Å². The highest BCUT2D eigenvalue weighted by molar-refractivity contribution is 5.29. The number of aliphatic hydroxyl groups is 1. The van der Waals surface area contributed by atoms with Gasteiger partial charge >= 0.3 is 0 Å². The predicted octanol–water partition coefficient (Wildman–Crippen LogP) is 4.74. The van der Waals surface area contributed by atoms with E-state index in [0.717, 1.165) is 11.7 Å². The highest BCUT2D eigenvalue weighted by Gasteiger charge is 2.26. The van der Waals surface area contributed by atoms with Crippen molar-refractivity contribution in [1.29, 1.82) is 0 Å². The van der Waals surface area contributed by atoms with E-state index in [1.807, 2.05) is 0 Å². The third kappa shape index (κ3) is 5.21. The Morgan fingerprint density at radius 3 is 2.24 bits per heavy atom. The Morgan fingerprint density at radius 2 is 1.60 bits per heavy atom. The van der Waals surface area contributed by atoms with Gasteiger partial charge in [0, 0.05) is 18.6 Å². The van der Waals surface area contributed by atoms with Crippen molar-refractivity contribution < 1.29 is 9.84 Å². The maximum Gasteiger partial charge on any atom is 0.119 e. The minimum Gasteiger partial charge on any atom is -0.491 e. The fourth-order valence-electron chi connectivity index (χ4n) is 4.60. The van der Waals surface area contributed by atoms with Crippen molar-refractivity contribution in [3.8, 4) is 5.75 Å². The maximum atomic E-state index is 10.4. The summed E-state index contributed by atoms with van der Waals surface area (Å²) in [5, 5.41) is 10.4. The summed E-state index contributed by atoms with van der Waals surface area (Å²) in [6.07, 6.45) is 10.1. The largest absolute Gasteiger partial charge is 0.491 e.